The van der Waals surface area contributed by atoms with E-state index in [0.717, 1.165) is 44.9 Å². The molecule has 12 aromatic rings. The number of hydrogen-bond donors (Lipinski definition) is 0. The van der Waals surface area contributed by atoms with Gasteiger partial charge < -0.3 is 4.57 Å². The molecule has 266 valence electrons. The lowest BCUT2D eigenvalue weighted by atomic mass is 9.98. The SMILES string of the molecule is c1ccc(-c2cccc(-c3cc(-c4cccc5c4sc4ccccc45)nc(-n4c5ccccc5c5cc6c(cc54)c4ccccc4n6-c4ccccc4)c3)c2)cc1. The molecule has 4 aromatic heterocycles. The molecule has 0 unspecified atom stereocenters. The summed E-state index contributed by atoms with van der Waals surface area (Å²) in [4.78, 5) is 5.63. The Kier molecular flexibility index (Phi) is 7.10. The van der Waals surface area contributed by atoms with E-state index < -0.39 is 0 Å². The third-order valence-electron chi connectivity index (χ3n) is 11.5. The van der Waals surface area contributed by atoms with Gasteiger partial charge in [0.1, 0.15) is 5.82 Å². The number of thiophene rings is 1. The van der Waals surface area contributed by atoms with Gasteiger partial charge in [-0.25, -0.2) is 4.98 Å². The molecule has 8 aromatic carbocycles. The second kappa shape index (κ2) is 12.6. The van der Waals surface area contributed by atoms with Gasteiger partial charge in [0.05, 0.1) is 27.8 Å². The van der Waals surface area contributed by atoms with E-state index in [0.29, 0.717) is 0 Å². The van der Waals surface area contributed by atoms with Crippen LogP contribution in [0.4, 0.5) is 0 Å². The van der Waals surface area contributed by atoms with Gasteiger partial charge >= 0.3 is 0 Å². The maximum absolute atomic E-state index is 5.63. The summed E-state index contributed by atoms with van der Waals surface area (Å²) in [6.45, 7) is 0. The van der Waals surface area contributed by atoms with Crippen LogP contribution in [0.1, 0.15) is 0 Å². The van der Waals surface area contributed by atoms with E-state index in [4.69, 9.17) is 4.98 Å². The molecular formula is C53H33N3S. The zero-order chi connectivity index (χ0) is 37.5. The Bertz CT molecular complexity index is 3520. The molecule has 4 heteroatoms. The van der Waals surface area contributed by atoms with E-state index in [1.807, 2.05) is 11.3 Å². The van der Waals surface area contributed by atoms with Gasteiger partial charge in [-0.3, -0.25) is 4.57 Å². The van der Waals surface area contributed by atoms with E-state index in [2.05, 4.69) is 209 Å². The van der Waals surface area contributed by atoms with Crippen LogP contribution >= 0.6 is 11.3 Å². The van der Waals surface area contributed by atoms with Crippen molar-refractivity contribution in [3.8, 4) is 45.0 Å². The fraction of sp³-hybridized carbons (Fsp3) is 0. The van der Waals surface area contributed by atoms with Gasteiger partial charge in [-0.15, -0.1) is 11.3 Å². The Morgan fingerprint density at radius 1 is 0.351 bits per heavy atom. The molecule has 4 heterocycles. The van der Waals surface area contributed by atoms with E-state index in [1.54, 1.807) is 0 Å². The molecule has 0 atom stereocenters. The van der Waals surface area contributed by atoms with E-state index in [9.17, 15) is 0 Å². The van der Waals surface area contributed by atoms with Crippen molar-refractivity contribution in [3.63, 3.8) is 0 Å². The summed E-state index contributed by atoms with van der Waals surface area (Å²) in [7, 11) is 0. The van der Waals surface area contributed by atoms with Gasteiger partial charge in [0, 0.05) is 53.0 Å². The first kappa shape index (κ1) is 32.0. The molecule has 0 aliphatic rings. The van der Waals surface area contributed by atoms with Crippen LogP contribution in [0.15, 0.2) is 200 Å². The minimum absolute atomic E-state index is 0.892. The van der Waals surface area contributed by atoms with E-state index in [1.165, 1.54) is 63.9 Å². The molecule has 0 saturated heterocycles. The minimum Gasteiger partial charge on any atom is -0.309 e. The Balaban J connectivity index is 1.17. The van der Waals surface area contributed by atoms with Crippen molar-refractivity contribution in [1.29, 1.82) is 0 Å². The minimum atomic E-state index is 0.892. The predicted octanol–water partition coefficient (Wildman–Crippen LogP) is 14.6. The van der Waals surface area contributed by atoms with Crippen molar-refractivity contribution in [2.24, 2.45) is 0 Å². The van der Waals surface area contributed by atoms with Crippen LogP contribution in [-0.2, 0) is 0 Å². The second-order valence-corrected chi connectivity index (χ2v) is 15.8. The third kappa shape index (κ3) is 5.01. The van der Waals surface area contributed by atoms with Crippen LogP contribution in [0.25, 0.3) is 109 Å². The standard InChI is InChI=1S/C53H33N3S/c1-3-15-34(16-4-1)35-17-13-18-36(29-35)37-30-46(43-25-14-24-42-41-23-9-12-28-51(41)57-53(42)43)54-52(31-37)56-48-27-11-8-22-40(48)45-32-49-44(33-50(45)56)39-21-7-10-26-47(39)55(49)38-19-5-2-6-20-38/h1-33H. The van der Waals surface area contributed by atoms with Crippen LogP contribution in [-0.4, -0.2) is 14.1 Å². The average molecular weight is 744 g/mol. The highest BCUT2D eigenvalue weighted by Gasteiger charge is 2.21. The number of nitrogens with zero attached hydrogens (tertiary/aromatic N) is 3. The molecule has 0 N–H and O–H groups in total. The van der Waals surface area contributed by atoms with Crippen LogP contribution in [0.5, 0.6) is 0 Å². The maximum atomic E-state index is 5.63. The molecule has 0 saturated carbocycles. The quantitative estimate of drug-likeness (QED) is 0.172. The second-order valence-electron chi connectivity index (χ2n) is 14.8. The van der Waals surface area contributed by atoms with Gasteiger partial charge in [0.2, 0.25) is 0 Å². The Morgan fingerprint density at radius 3 is 1.67 bits per heavy atom. The van der Waals surface area contributed by atoms with Crippen LogP contribution in [0, 0.1) is 0 Å². The number of rotatable bonds is 5. The summed E-state index contributed by atoms with van der Waals surface area (Å²) in [5.74, 6) is 0.892. The first-order valence-corrected chi connectivity index (χ1v) is 20.2. The molecule has 0 aliphatic carbocycles. The van der Waals surface area contributed by atoms with Crippen LogP contribution in [0.3, 0.4) is 0 Å². The number of hydrogen-bond acceptors (Lipinski definition) is 2. The Labute approximate surface area is 333 Å². The average Bonchev–Trinajstić information content (AvgIpc) is 3.93. The molecule has 0 radical (unpaired) electrons. The van der Waals surface area contributed by atoms with Gasteiger partial charge in [0.25, 0.3) is 0 Å². The lowest BCUT2D eigenvalue weighted by molar-refractivity contribution is 1.09. The number of benzene rings is 8. The first-order valence-electron chi connectivity index (χ1n) is 19.4. The monoisotopic (exact) mass is 743 g/mol. The largest absolute Gasteiger partial charge is 0.309 e. The fourth-order valence-corrected chi connectivity index (χ4v) is 10.2. The lowest BCUT2D eigenvalue weighted by Gasteiger charge is -2.14. The van der Waals surface area contributed by atoms with Crippen molar-refractivity contribution in [1.82, 2.24) is 14.1 Å². The van der Waals surface area contributed by atoms with E-state index >= 15 is 0 Å². The van der Waals surface area contributed by atoms with Crippen molar-refractivity contribution < 1.29 is 0 Å². The maximum Gasteiger partial charge on any atom is 0.138 e. The van der Waals surface area contributed by atoms with Crippen molar-refractivity contribution >= 4 is 75.1 Å². The van der Waals surface area contributed by atoms with Gasteiger partial charge in [-0.1, -0.05) is 140 Å². The van der Waals surface area contributed by atoms with Gasteiger partial charge in [-0.05, 0) is 82.9 Å². The molecule has 0 amide bonds. The van der Waals surface area contributed by atoms with Crippen LogP contribution < -0.4 is 0 Å². The highest BCUT2D eigenvalue weighted by molar-refractivity contribution is 7.26. The predicted molar refractivity (Wildman–Crippen MR) is 242 cm³/mol. The molecule has 0 spiro atoms. The highest BCUT2D eigenvalue weighted by atomic mass is 32.1. The van der Waals surface area contributed by atoms with Crippen molar-refractivity contribution in [2.45, 2.75) is 0 Å². The highest BCUT2D eigenvalue weighted by Crippen LogP contribution is 2.43. The molecule has 3 nitrogen and oxygen atoms in total. The summed E-state index contributed by atoms with van der Waals surface area (Å²) in [5, 5.41) is 7.39. The molecule has 12 rings (SSSR count). The Morgan fingerprint density at radius 2 is 0.912 bits per heavy atom. The summed E-state index contributed by atoms with van der Waals surface area (Å²) < 4.78 is 7.33. The topological polar surface area (TPSA) is 22.8 Å². The molecule has 57 heavy (non-hydrogen) atoms. The molecular weight excluding hydrogens is 711 g/mol. The lowest BCUT2D eigenvalue weighted by Crippen LogP contribution is -2.00. The summed E-state index contributed by atoms with van der Waals surface area (Å²) in [6, 6.07) is 72.5. The van der Waals surface area contributed by atoms with Crippen molar-refractivity contribution in [2.75, 3.05) is 0 Å². The summed E-state index contributed by atoms with van der Waals surface area (Å²) >= 11 is 1.85. The van der Waals surface area contributed by atoms with Gasteiger partial charge in [-0.2, -0.15) is 0 Å². The zero-order valence-electron chi connectivity index (χ0n) is 30.8. The summed E-state index contributed by atoms with van der Waals surface area (Å²) in [5.41, 5.74) is 12.6. The number of fused-ring (bicyclic) bond motifs is 9. The number of para-hydroxylation sites is 3. The third-order valence-corrected chi connectivity index (χ3v) is 12.7. The normalized spacial score (nSPS) is 11.9. The fourth-order valence-electron chi connectivity index (χ4n) is 8.93. The Hall–Kier alpha value is -7.27. The number of aromatic nitrogens is 3. The van der Waals surface area contributed by atoms with Crippen LogP contribution in [0.2, 0.25) is 0 Å². The van der Waals surface area contributed by atoms with Crippen molar-refractivity contribution in [3.05, 3.63) is 200 Å². The zero-order valence-corrected chi connectivity index (χ0v) is 31.6. The molecule has 0 bridgehead atoms. The smallest absolute Gasteiger partial charge is 0.138 e. The molecule has 0 fully saturated rings. The van der Waals surface area contributed by atoms with E-state index in [-0.39, 0.29) is 0 Å². The molecule has 0 aliphatic heterocycles. The first-order chi connectivity index (χ1) is 28.3. The summed E-state index contributed by atoms with van der Waals surface area (Å²) in [6.07, 6.45) is 0. The number of pyridine rings is 1. The van der Waals surface area contributed by atoms with Gasteiger partial charge in [0.15, 0.2) is 0 Å².